The second kappa shape index (κ2) is 6.69. The molecule has 106 valence electrons. The highest BCUT2D eigenvalue weighted by atomic mass is 32.2. The van der Waals surface area contributed by atoms with Gasteiger partial charge >= 0.3 is 0 Å². The maximum absolute atomic E-state index is 4.37. The SMILES string of the molecule is Cc1ccc(CSc2cnc(Nc3ccccn3)s2)cn1. The molecule has 0 saturated carbocycles. The van der Waals surface area contributed by atoms with E-state index in [1.54, 1.807) is 29.3 Å². The highest BCUT2D eigenvalue weighted by Gasteiger charge is 2.04. The first-order valence-corrected chi connectivity index (χ1v) is 8.28. The van der Waals surface area contributed by atoms with Gasteiger partial charge in [0, 0.05) is 23.8 Å². The van der Waals surface area contributed by atoms with Gasteiger partial charge in [0.1, 0.15) is 5.82 Å². The zero-order valence-corrected chi connectivity index (χ0v) is 13.1. The lowest BCUT2D eigenvalue weighted by Gasteiger charge is -2.00. The van der Waals surface area contributed by atoms with E-state index < -0.39 is 0 Å². The predicted octanol–water partition coefficient (Wildman–Crippen LogP) is 4.28. The van der Waals surface area contributed by atoms with E-state index in [1.165, 1.54) is 9.77 Å². The summed E-state index contributed by atoms with van der Waals surface area (Å²) >= 11 is 3.40. The van der Waals surface area contributed by atoms with Gasteiger partial charge in [-0.15, -0.1) is 11.8 Å². The molecule has 0 radical (unpaired) electrons. The van der Waals surface area contributed by atoms with Crippen molar-refractivity contribution in [2.75, 3.05) is 5.32 Å². The number of nitrogens with one attached hydrogen (secondary N) is 1. The minimum absolute atomic E-state index is 0.811. The van der Waals surface area contributed by atoms with E-state index in [0.29, 0.717) is 0 Å². The molecule has 0 fully saturated rings. The molecule has 0 aliphatic rings. The Bertz CT molecular complexity index is 695. The van der Waals surface area contributed by atoms with Crippen LogP contribution in [0, 0.1) is 6.92 Å². The van der Waals surface area contributed by atoms with Crippen molar-refractivity contribution in [3.05, 3.63) is 60.2 Å². The van der Waals surface area contributed by atoms with E-state index in [1.807, 2.05) is 43.6 Å². The summed E-state index contributed by atoms with van der Waals surface area (Å²) in [7, 11) is 0. The summed E-state index contributed by atoms with van der Waals surface area (Å²) in [6, 6.07) is 9.92. The molecule has 4 nitrogen and oxygen atoms in total. The third kappa shape index (κ3) is 4.03. The zero-order chi connectivity index (χ0) is 14.5. The number of pyridine rings is 2. The second-order valence-electron chi connectivity index (χ2n) is 4.42. The van der Waals surface area contributed by atoms with Crippen molar-refractivity contribution in [2.24, 2.45) is 0 Å². The number of thiazole rings is 1. The van der Waals surface area contributed by atoms with Gasteiger partial charge in [-0.1, -0.05) is 23.5 Å². The quantitative estimate of drug-likeness (QED) is 0.712. The van der Waals surface area contributed by atoms with Gasteiger partial charge in [-0.25, -0.2) is 9.97 Å². The first-order chi connectivity index (χ1) is 10.3. The molecule has 0 aliphatic carbocycles. The molecule has 0 atom stereocenters. The molecule has 6 heteroatoms. The number of anilines is 2. The van der Waals surface area contributed by atoms with E-state index in [9.17, 15) is 0 Å². The van der Waals surface area contributed by atoms with Crippen LogP contribution in [0.25, 0.3) is 0 Å². The van der Waals surface area contributed by atoms with Crippen molar-refractivity contribution in [3.63, 3.8) is 0 Å². The van der Waals surface area contributed by atoms with Crippen molar-refractivity contribution >= 4 is 34.0 Å². The molecule has 0 spiro atoms. The Labute approximate surface area is 131 Å². The summed E-state index contributed by atoms with van der Waals surface area (Å²) in [5.41, 5.74) is 2.27. The fraction of sp³-hybridized carbons (Fsp3) is 0.133. The lowest BCUT2D eigenvalue weighted by atomic mass is 10.3. The third-order valence-corrected chi connectivity index (χ3v) is 4.92. The second-order valence-corrected chi connectivity index (χ2v) is 6.73. The minimum atomic E-state index is 0.811. The minimum Gasteiger partial charge on any atom is -0.316 e. The standard InChI is InChI=1S/C15H14N4S2/c1-11-5-6-12(8-17-11)10-20-14-9-18-15(21-14)19-13-4-2-3-7-16-13/h2-9H,10H2,1H3,(H,16,18,19). The molecular weight excluding hydrogens is 300 g/mol. The summed E-state index contributed by atoms with van der Waals surface area (Å²) in [5.74, 6) is 1.71. The van der Waals surface area contributed by atoms with Crippen LogP contribution in [0.3, 0.4) is 0 Å². The summed E-state index contributed by atoms with van der Waals surface area (Å²) < 4.78 is 1.18. The third-order valence-electron chi connectivity index (χ3n) is 2.74. The fourth-order valence-corrected chi connectivity index (χ4v) is 3.48. The van der Waals surface area contributed by atoms with Crippen LogP contribution in [-0.2, 0) is 5.75 Å². The van der Waals surface area contributed by atoms with Crippen LogP contribution in [-0.4, -0.2) is 15.0 Å². The number of rotatable bonds is 5. The Balaban J connectivity index is 1.59. The van der Waals surface area contributed by atoms with Crippen LogP contribution in [0.1, 0.15) is 11.3 Å². The molecule has 0 saturated heterocycles. The van der Waals surface area contributed by atoms with E-state index in [-0.39, 0.29) is 0 Å². The molecule has 3 aromatic rings. The zero-order valence-electron chi connectivity index (χ0n) is 11.5. The van der Waals surface area contributed by atoms with Gasteiger partial charge in [0.2, 0.25) is 0 Å². The molecule has 1 N–H and O–H groups in total. The van der Waals surface area contributed by atoms with Gasteiger partial charge in [0.15, 0.2) is 5.13 Å². The van der Waals surface area contributed by atoms with Crippen LogP contribution in [0.15, 0.2) is 53.1 Å². The molecule has 0 aliphatic heterocycles. The molecule has 0 amide bonds. The van der Waals surface area contributed by atoms with Gasteiger partial charge in [0.05, 0.1) is 10.4 Å². The first-order valence-electron chi connectivity index (χ1n) is 6.48. The van der Waals surface area contributed by atoms with Gasteiger partial charge in [-0.2, -0.15) is 0 Å². The van der Waals surface area contributed by atoms with Gasteiger partial charge in [-0.05, 0) is 30.7 Å². The molecule has 3 aromatic heterocycles. The topological polar surface area (TPSA) is 50.7 Å². The fourth-order valence-electron chi connectivity index (χ4n) is 1.67. The van der Waals surface area contributed by atoms with Crippen LogP contribution < -0.4 is 5.32 Å². The summed E-state index contributed by atoms with van der Waals surface area (Å²) in [5, 5.41) is 4.06. The highest BCUT2D eigenvalue weighted by Crippen LogP contribution is 2.31. The summed E-state index contributed by atoms with van der Waals surface area (Å²) in [6.07, 6.45) is 5.58. The smallest absolute Gasteiger partial charge is 0.189 e. The number of aromatic nitrogens is 3. The van der Waals surface area contributed by atoms with Gasteiger partial charge in [0.25, 0.3) is 0 Å². The molecular formula is C15H14N4S2. The van der Waals surface area contributed by atoms with Gasteiger partial charge < -0.3 is 5.32 Å². The van der Waals surface area contributed by atoms with E-state index in [2.05, 4.69) is 26.3 Å². The number of nitrogens with zero attached hydrogens (tertiary/aromatic N) is 3. The number of thioether (sulfide) groups is 1. The van der Waals surface area contributed by atoms with E-state index in [0.717, 1.165) is 22.4 Å². The van der Waals surface area contributed by atoms with Crippen LogP contribution >= 0.6 is 23.1 Å². The highest BCUT2D eigenvalue weighted by molar-refractivity contribution is 8.00. The Hall–Kier alpha value is -1.92. The normalized spacial score (nSPS) is 10.5. The Morgan fingerprint density at radius 3 is 2.81 bits per heavy atom. The average Bonchev–Trinajstić information content (AvgIpc) is 2.95. The van der Waals surface area contributed by atoms with Crippen molar-refractivity contribution in [1.29, 1.82) is 0 Å². The number of hydrogen-bond acceptors (Lipinski definition) is 6. The van der Waals surface area contributed by atoms with Crippen molar-refractivity contribution in [2.45, 2.75) is 16.9 Å². The Kier molecular flexibility index (Phi) is 4.47. The van der Waals surface area contributed by atoms with Crippen LogP contribution in [0.5, 0.6) is 0 Å². The lowest BCUT2D eigenvalue weighted by molar-refractivity contribution is 1.16. The maximum atomic E-state index is 4.37. The van der Waals surface area contributed by atoms with Crippen molar-refractivity contribution in [1.82, 2.24) is 15.0 Å². The van der Waals surface area contributed by atoms with Crippen LogP contribution in [0.2, 0.25) is 0 Å². The lowest BCUT2D eigenvalue weighted by Crippen LogP contribution is -1.90. The number of aryl methyl sites for hydroxylation is 1. The molecule has 3 rings (SSSR count). The average molecular weight is 314 g/mol. The molecule has 0 bridgehead atoms. The van der Waals surface area contributed by atoms with E-state index in [4.69, 9.17) is 0 Å². The molecule has 0 unspecified atom stereocenters. The molecule has 21 heavy (non-hydrogen) atoms. The maximum Gasteiger partial charge on any atom is 0.189 e. The van der Waals surface area contributed by atoms with E-state index >= 15 is 0 Å². The van der Waals surface area contributed by atoms with Crippen LogP contribution in [0.4, 0.5) is 10.9 Å². The largest absolute Gasteiger partial charge is 0.316 e. The van der Waals surface area contributed by atoms with Gasteiger partial charge in [-0.3, -0.25) is 4.98 Å². The monoisotopic (exact) mass is 314 g/mol. The predicted molar refractivity (Wildman–Crippen MR) is 88.2 cm³/mol. The Morgan fingerprint density at radius 1 is 1.10 bits per heavy atom. The Morgan fingerprint density at radius 2 is 2.05 bits per heavy atom. The number of hydrogen-bond donors (Lipinski definition) is 1. The summed E-state index contributed by atoms with van der Waals surface area (Å²) in [6.45, 7) is 2.00. The van der Waals surface area contributed by atoms with Crippen molar-refractivity contribution in [3.8, 4) is 0 Å². The molecule has 0 aromatic carbocycles. The molecule has 3 heterocycles. The summed E-state index contributed by atoms with van der Waals surface area (Å²) in [4.78, 5) is 12.9. The first kappa shape index (κ1) is 14.0. The van der Waals surface area contributed by atoms with Crippen molar-refractivity contribution < 1.29 is 0 Å².